The van der Waals surface area contributed by atoms with Crippen LogP contribution in [0.3, 0.4) is 0 Å². The lowest BCUT2D eigenvalue weighted by Gasteiger charge is -2.24. The SMILES string of the molecule is CC(C)(O)CNCC1CCOCC1. The second kappa shape index (κ2) is 4.94. The summed E-state index contributed by atoms with van der Waals surface area (Å²) < 4.78 is 5.27. The molecule has 3 heteroatoms. The van der Waals surface area contributed by atoms with Gasteiger partial charge in [0.25, 0.3) is 0 Å². The largest absolute Gasteiger partial charge is 0.389 e. The van der Waals surface area contributed by atoms with Crippen LogP contribution in [0.4, 0.5) is 0 Å². The molecule has 0 bridgehead atoms. The van der Waals surface area contributed by atoms with Gasteiger partial charge in [0.15, 0.2) is 0 Å². The summed E-state index contributed by atoms with van der Waals surface area (Å²) in [4.78, 5) is 0. The fourth-order valence-corrected chi connectivity index (χ4v) is 1.53. The summed E-state index contributed by atoms with van der Waals surface area (Å²) in [5, 5.41) is 12.7. The van der Waals surface area contributed by atoms with Gasteiger partial charge in [0, 0.05) is 19.8 Å². The maximum atomic E-state index is 9.46. The predicted octanol–water partition coefficient (Wildman–Crippen LogP) is 0.773. The van der Waals surface area contributed by atoms with Gasteiger partial charge in [-0.05, 0) is 39.2 Å². The topological polar surface area (TPSA) is 41.5 Å². The van der Waals surface area contributed by atoms with E-state index in [4.69, 9.17) is 4.74 Å². The van der Waals surface area contributed by atoms with Crippen LogP contribution in [0.25, 0.3) is 0 Å². The van der Waals surface area contributed by atoms with Crippen LogP contribution in [0.15, 0.2) is 0 Å². The van der Waals surface area contributed by atoms with E-state index in [1.165, 1.54) is 0 Å². The number of rotatable bonds is 4. The first kappa shape index (κ1) is 11.0. The van der Waals surface area contributed by atoms with Crippen molar-refractivity contribution in [3.05, 3.63) is 0 Å². The Bertz CT molecular complexity index is 136. The van der Waals surface area contributed by atoms with Crippen molar-refractivity contribution in [2.24, 2.45) is 5.92 Å². The summed E-state index contributed by atoms with van der Waals surface area (Å²) in [7, 11) is 0. The van der Waals surface area contributed by atoms with Gasteiger partial charge in [-0.15, -0.1) is 0 Å². The van der Waals surface area contributed by atoms with Crippen molar-refractivity contribution in [2.45, 2.75) is 32.3 Å². The van der Waals surface area contributed by atoms with Gasteiger partial charge in [0.2, 0.25) is 0 Å². The molecule has 0 saturated carbocycles. The number of ether oxygens (including phenoxy) is 1. The van der Waals surface area contributed by atoms with Crippen molar-refractivity contribution < 1.29 is 9.84 Å². The minimum absolute atomic E-state index is 0.592. The predicted molar refractivity (Wildman–Crippen MR) is 52.7 cm³/mol. The molecule has 1 fully saturated rings. The Kier molecular flexibility index (Phi) is 4.16. The van der Waals surface area contributed by atoms with Gasteiger partial charge >= 0.3 is 0 Å². The standard InChI is InChI=1S/C10H21NO2/c1-10(2,12)8-11-7-9-3-5-13-6-4-9/h9,11-12H,3-8H2,1-2H3. The van der Waals surface area contributed by atoms with Gasteiger partial charge in [-0.3, -0.25) is 0 Å². The maximum Gasteiger partial charge on any atom is 0.0715 e. The molecular formula is C10H21NO2. The van der Waals surface area contributed by atoms with Gasteiger partial charge in [-0.1, -0.05) is 0 Å². The number of hydrogen-bond acceptors (Lipinski definition) is 3. The Hall–Kier alpha value is -0.120. The lowest BCUT2D eigenvalue weighted by Crippen LogP contribution is -2.38. The molecule has 0 amide bonds. The van der Waals surface area contributed by atoms with Crippen molar-refractivity contribution in [3.8, 4) is 0 Å². The first-order valence-electron chi connectivity index (χ1n) is 5.09. The normalized spacial score (nSPS) is 20.5. The highest BCUT2D eigenvalue weighted by atomic mass is 16.5. The van der Waals surface area contributed by atoms with E-state index in [9.17, 15) is 5.11 Å². The van der Waals surface area contributed by atoms with E-state index in [1.54, 1.807) is 0 Å². The molecule has 3 nitrogen and oxygen atoms in total. The molecule has 1 rings (SSSR count). The van der Waals surface area contributed by atoms with Gasteiger partial charge in [0.05, 0.1) is 5.60 Å². The highest BCUT2D eigenvalue weighted by Gasteiger charge is 2.15. The second-order valence-corrected chi connectivity index (χ2v) is 4.50. The lowest BCUT2D eigenvalue weighted by atomic mass is 10.00. The average molecular weight is 187 g/mol. The monoisotopic (exact) mass is 187 g/mol. The average Bonchev–Trinajstić information content (AvgIpc) is 2.04. The van der Waals surface area contributed by atoms with Gasteiger partial charge < -0.3 is 15.2 Å². The molecule has 1 saturated heterocycles. The van der Waals surface area contributed by atoms with E-state index in [2.05, 4.69) is 5.32 Å². The molecule has 0 aliphatic carbocycles. The van der Waals surface area contributed by atoms with Crippen LogP contribution in [0.2, 0.25) is 0 Å². The smallest absolute Gasteiger partial charge is 0.0715 e. The highest BCUT2D eigenvalue weighted by molar-refractivity contribution is 4.71. The highest BCUT2D eigenvalue weighted by Crippen LogP contribution is 2.13. The van der Waals surface area contributed by atoms with Crippen molar-refractivity contribution in [3.63, 3.8) is 0 Å². The molecule has 1 aliphatic rings. The molecule has 0 unspecified atom stereocenters. The molecule has 0 aromatic carbocycles. The summed E-state index contributed by atoms with van der Waals surface area (Å²) in [5.74, 6) is 0.732. The Morgan fingerprint density at radius 3 is 2.54 bits per heavy atom. The molecule has 2 N–H and O–H groups in total. The molecule has 0 aromatic heterocycles. The zero-order valence-corrected chi connectivity index (χ0v) is 8.68. The van der Waals surface area contributed by atoms with E-state index in [1.807, 2.05) is 13.8 Å². The zero-order valence-electron chi connectivity index (χ0n) is 8.68. The maximum absolute atomic E-state index is 9.46. The van der Waals surface area contributed by atoms with Crippen molar-refractivity contribution >= 4 is 0 Å². The summed E-state index contributed by atoms with van der Waals surface area (Å²) in [6.07, 6.45) is 2.30. The van der Waals surface area contributed by atoms with Crippen molar-refractivity contribution in [2.75, 3.05) is 26.3 Å². The van der Waals surface area contributed by atoms with E-state index in [0.717, 1.165) is 38.5 Å². The Labute approximate surface area is 80.5 Å². The first-order chi connectivity index (χ1) is 6.08. The van der Waals surface area contributed by atoms with Gasteiger partial charge in [0.1, 0.15) is 0 Å². The fourth-order valence-electron chi connectivity index (χ4n) is 1.53. The summed E-state index contributed by atoms with van der Waals surface area (Å²) in [6.45, 7) is 7.12. The van der Waals surface area contributed by atoms with Crippen molar-refractivity contribution in [1.29, 1.82) is 0 Å². The van der Waals surface area contributed by atoms with Crippen LogP contribution < -0.4 is 5.32 Å². The molecule has 13 heavy (non-hydrogen) atoms. The molecule has 0 atom stereocenters. The first-order valence-corrected chi connectivity index (χ1v) is 5.09. The van der Waals surface area contributed by atoms with E-state index in [-0.39, 0.29) is 0 Å². The molecule has 1 heterocycles. The van der Waals surface area contributed by atoms with Gasteiger partial charge in [-0.25, -0.2) is 0 Å². The molecule has 78 valence electrons. The lowest BCUT2D eigenvalue weighted by molar-refractivity contribution is 0.0574. The minimum atomic E-state index is -0.592. The summed E-state index contributed by atoms with van der Waals surface area (Å²) in [6, 6.07) is 0. The van der Waals surface area contributed by atoms with Crippen LogP contribution in [0, 0.1) is 5.92 Å². The third-order valence-electron chi connectivity index (χ3n) is 2.33. The van der Waals surface area contributed by atoms with Crippen LogP contribution >= 0.6 is 0 Å². The van der Waals surface area contributed by atoms with Gasteiger partial charge in [-0.2, -0.15) is 0 Å². The molecular weight excluding hydrogens is 166 g/mol. The Morgan fingerprint density at radius 2 is 2.00 bits per heavy atom. The molecule has 0 spiro atoms. The third-order valence-corrected chi connectivity index (χ3v) is 2.33. The molecule has 0 radical (unpaired) electrons. The van der Waals surface area contributed by atoms with Crippen LogP contribution in [0.1, 0.15) is 26.7 Å². The fraction of sp³-hybridized carbons (Fsp3) is 1.00. The van der Waals surface area contributed by atoms with Crippen LogP contribution in [-0.4, -0.2) is 37.0 Å². The summed E-state index contributed by atoms with van der Waals surface area (Å²) in [5.41, 5.74) is -0.592. The summed E-state index contributed by atoms with van der Waals surface area (Å²) >= 11 is 0. The number of aliphatic hydroxyl groups is 1. The molecule has 1 aliphatic heterocycles. The number of nitrogens with one attached hydrogen (secondary N) is 1. The zero-order chi connectivity index (χ0) is 9.73. The van der Waals surface area contributed by atoms with E-state index >= 15 is 0 Å². The van der Waals surface area contributed by atoms with Crippen molar-refractivity contribution in [1.82, 2.24) is 5.32 Å². The quantitative estimate of drug-likeness (QED) is 0.683. The minimum Gasteiger partial charge on any atom is -0.389 e. The van der Waals surface area contributed by atoms with E-state index < -0.39 is 5.60 Å². The van der Waals surface area contributed by atoms with Crippen LogP contribution in [-0.2, 0) is 4.74 Å². The molecule has 0 aromatic rings. The van der Waals surface area contributed by atoms with E-state index in [0.29, 0.717) is 6.54 Å². The Morgan fingerprint density at radius 1 is 1.38 bits per heavy atom. The Balaban J connectivity index is 2.04. The second-order valence-electron chi connectivity index (χ2n) is 4.50. The van der Waals surface area contributed by atoms with Crippen LogP contribution in [0.5, 0.6) is 0 Å². The third kappa shape index (κ3) is 5.24. The number of hydrogen-bond donors (Lipinski definition) is 2.